The summed E-state index contributed by atoms with van der Waals surface area (Å²) in [5.74, 6) is -0.408. The molecule has 0 bridgehead atoms. The van der Waals surface area contributed by atoms with Crippen LogP contribution in [-0.4, -0.2) is 21.9 Å². The van der Waals surface area contributed by atoms with E-state index in [0.29, 0.717) is 5.69 Å². The number of halogens is 4. The number of amides is 1. The monoisotopic (exact) mass is 478 g/mol. The average molecular weight is 479 g/mol. The number of alkyl halides is 3. The lowest BCUT2D eigenvalue weighted by atomic mass is 9.97. The van der Waals surface area contributed by atoms with Gasteiger partial charge < -0.3 is 10.6 Å². The van der Waals surface area contributed by atoms with Crippen LogP contribution in [0, 0.1) is 6.92 Å². The van der Waals surface area contributed by atoms with Gasteiger partial charge in [-0.25, -0.2) is 4.68 Å². The summed E-state index contributed by atoms with van der Waals surface area (Å²) < 4.78 is 43.0. The predicted octanol–water partition coefficient (Wildman–Crippen LogP) is 5.87. The lowest BCUT2D eigenvalue weighted by Crippen LogP contribution is -2.35. The van der Waals surface area contributed by atoms with E-state index in [1.807, 2.05) is 19.1 Å². The van der Waals surface area contributed by atoms with Gasteiger partial charge in [0.25, 0.3) is 5.91 Å². The average Bonchev–Trinajstić information content (AvgIpc) is 3.13. The van der Waals surface area contributed by atoms with Gasteiger partial charge >= 0.3 is 6.18 Å². The molecule has 0 aliphatic carbocycles. The molecule has 0 saturated carbocycles. The van der Waals surface area contributed by atoms with Crippen molar-refractivity contribution in [1.29, 1.82) is 0 Å². The molecule has 0 unspecified atom stereocenters. The zero-order valence-electron chi connectivity index (χ0n) is 15.9. The number of nitrogens with one attached hydrogen (secondary N) is 2. The Morgan fingerprint density at radius 3 is 2.47 bits per heavy atom. The lowest BCUT2D eigenvalue weighted by Gasteiger charge is -2.33. The van der Waals surface area contributed by atoms with Gasteiger partial charge in [-0.05, 0) is 36.8 Å². The first-order valence-corrected chi connectivity index (χ1v) is 10.1. The van der Waals surface area contributed by atoms with Crippen molar-refractivity contribution in [2.24, 2.45) is 0 Å². The third-order valence-electron chi connectivity index (χ3n) is 5.00. The Hall–Kier alpha value is -2.81. The Bertz CT molecular complexity index is 1060. The summed E-state index contributed by atoms with van der Waals surface area (Å²) in [4.78, 5) is 12.6. The van der Waals surface area contributed by atoms with Crippen LogP contribution in [0.5, 0.6) is 0 Å². The van der Waals surface area contributed by atoms with E-state index in [-0.39, 0.29) is 17.9 Å². The van der Waals surface area contributed by atoms with E-state index in [4.69, 9.17) is 0 Å². The minimum atomic E-state index is -4.50. The van der Waals surface area contributed by atoms with Crippen LogP contribution in [0.4, 0.5) is 24.7 Å². The largest absolute Gasteiger partial charge is 0.410 e. The smallest absolute Gasteiger partial charge is 0.363 e. The molecule has 1 amide bonds. The van der Waals surface area contributed by atoms with Gasteiger partial charge in [-0.2, -0.15) is 18.3 Å². The quantitative estimate of drug-likeness (QED) is 0.495. The van der Waals surface area contributed by atoms with Gasteiger partial charge in [0.1, 0.15) is 5.82 Å². The standard InChI is InChI=1S/C21H18BrF3N4O/c1-12-2-8-15(9-3-12)26-20(30)17-11-19-27-16(13-4-6-14(22)7-5-13)10-18(21(23,24)25)29(19)28-17/h2-9,11,16,18,27H,10H2,1H3,(H,26,30)/t16-,18-/m1/s1. The second-order valence-electron chi connectivity index (χ2n) is 7.22. The van der Waals surface area contributed by atoms with Crippen molar-refractivity contribution < 1.29 is 18.0 Å². The van der Waals surface area contributed by atoms with Crippen molar-refractivity contribution in [3.8, 4) is 0 Å². The van der Waals surface area contributed by atoms with Crippen molar-refractivity contribution >= 4 is 33.3 Å². The Labute approximate surface area is 179 Å². The molecule has 5 nitrogen and oxygen atoms in total. The predicted molar refractivity (Wildman–Crippen MR) is 112 cm³/mol. The Balaban J connectivity index is 1.63. The normalized spacial score (nSPS) is 18.4. The molecule has 2 atom stereocenters. The highest BCUT2D eigenvalue weighted by Gasteiger charge is 2.46. The third-order valence-corrected chi connectivity index (χ3v) is 5.53. The second kappa shape index (κ2) is 7.79. The summed E-state index contributed by atoms with van der Waals surface area (Å²) in [7, 11) is 0. The fourth-order valence-corrected chi connectivity index (χ4v) is 3.69. The molecular weight excluding hydrogens is 461 g/mol. The molecule has 156 valence electrons. The number of rotatable bonds is 3. The number of anilines is 2. The summed E-state index contributed by atoms with van der Waals surface area (Å²) in [5, 5.41) is 9.72. The first-order valence-electron chi connectivity index (χ1n) is 9.27. The zero-order valence-corrected chi connectivity index (χ0v) is 17.5. The van der Waals surface area contributed by atoms with Crippen LogP contribution in [0.3, 0.4) is 0 Å². The summed E-state index contributed by atoms with van der Waals surface area (Å²) in [5.41, 5.74) is 2.22. The minimum Gasteiger partial charge on any atom is -0.363 e. The van der Waals surface area contributed by atoms with E-state index >= 15 is 0 Å². The van der Waals surface area contributed by atoms with Gasteiger partial charge in [-0.15, -0.1) is 0 Å². The van der Waals surface area contributed by atoms with Crippen molar-refractivity contribution in [3.05, 3.63) is 75.9 Å². The molecule has 30 heavy (non-hydrogen) atoms. The molecule has 3 aromatic rings. The highest BCUT2D eigenvalue weighted by Crippen LogP contribution is 2.43. The van der Waals surface area contributed by atoms with Crippen LogP contribution in [-0.2, 0) is 0 Å². The van der Waals surface area contributed by atoms with E-state index < -0.39 is 24.2 Å². The summed E-state index contributed by atoms with van der Waals surface area (Å²) in [6, 6.07) is 13.2. The topological polar surface area (TPSA) is 59.0 Å². The molecule has 9 heteroatoms. The van der Waals surface area contributed by atoms with E-state index in [1.165, 1.54) is 6.07 Å². The van der Waals surface area contributed by atoms with Gasteiger partial charge in [0, 0.05) is 22.6 Å². The maximum Gasteiger partial charge on any atom is 0.410 e. The molecule has 0 fully saturated rings. The number of fused-ring (bicyclic) bond motifs is 1. The molecule has 2 N–H and O–H groups in total. The number of nitrogens with zero attached hydrogens (tertiary/aromatic N) is 2. The molecule has 0 radical (unpaired) electrons. The fourth-order valence-electron chi connectivity index (χ4n) is 3.43. The fraction of sp³-hybridized carbons (Fsp3) is 0.238. The number of aromatic nitrogens is 2. The minimum absolute atomic E-state index is 0.0798. The van der Waals surface area contributed by atoms with Crippen LogP contribution in [0.1, 0.15) is 40.1 Å². The van der Waals surface area contributed by atoms with E-state index in [9.17, 15) is 18.0 Å². The van der Waals surface area contributed by atoms with Gasteiger partial charge in [0.2, 0.25) is 0 Å². The summed E-state index contributed by atoms with van der Waals surface area (Å²) in [6.07, 6.45) is -4.72. The van der Waals surface area contributed by atoms with E-state index in [0.717, 1.165) is 20.3 Å². The zero-order chi connectivity index (χ0) is 21.5. The van der Waals surface area contributed by atoms with Gasteiger partial charge in [0.15, 0.2) is 11.7 Å². The molecule has 2 aromatic carbocycles. The number of aryl methyl sites for hydroxylation is 1. The number of carbonyl (C=O) groups excluding carboxylic acids is 1. The first-order chi connectivity index (χ1) is 14.2. The molecule has 2 heterocycles. The molecule has 0 saturated heterocycles. The van der Waals surface area contributed by atoms with Crippen molar-refractivity contribution in [2.45, 2.75) is 31.6 Å². The maximum atomic E-state index is 13.8. The van der Waals surface area contributed by atoms with Gasteiger partial charge in [-0.1, -0.05) is 45.8 Å². The Kier molecular flexibility index (Phi) is 5.31. The molecule has 4 rings (SSSR count). The number of carbonyl (C=O) groups is 1. The Morgan fingerprint density at radius 1 is 1.17 bits per heavy atom. The van der Waals surface area contributed by atoms with Crippen molar-refractivity contribution in [3.63, 3.8) is 0 Å². The summed E-state index contributed by atoms with van der Waals surface area (Å²) in [6.45, 7) is 1.92. The van der Waals surface area contributed by atoms with Gasteiger partial charge in [0.05, 0.1) is 6.04 Å². The number of hydrogen-bond donors (Lipinski definition) is 2. The third kappa shape index (κ3) is 4.21. The van der Waals surface area contributed by atoms with Crippen molar-refractivity contribution in [2.75, 3.05) is 10.6 Å². The van der Waals surface area contributed by atoms with Crippen LogP contribution < -0.4 is 10.6 Å². The highest BCUT2D eigenvalue weighted by atomic mass is 79.9. The van der Waals surface area contributed by atoms with Gasteiger partial charge in [-0.3, -0.25) is 4.79 Å². The molecule has 1 aliphatic heterocycles. The second-order valence-corrected chi connectivity index (χ2v) is 8.14. The van der Waals surface area contributed by atoms with Crippen LogP contribution in [0.15, 0.2) is 59.1 Å². The molecule has 0 spiro atoms. The molecular formula is C21H18BrF3N4O. The first kappa shape index (κ1) is 20.5. The lowest BCUT2D eigenvalue weighted by molar-refractivity contribution is -0.173. The van der Waals surface area contributed by atoms with E-state index in [1.54, 1.807) is 36.4 Å². The summed E-state index contributed by atoms with van der Waals surface area (Å²) >= 11 is 3.33. The van der Waals surface area contributed by atoms with E-state index in [2.05, 4.69) is 31.7 Å². The molecule has 1 aliphatic rings. The van der Waals surface area contributed by atoms with Crippen molar-refractivity contribution in [1.82, 2.24) is 9.78 Å². The van der Waals surface area contributed by atoms with Crippen LogP contribution in [0.2, 0.25) is 0 Å². The highest BCUT2D eigenvalue weighted by molar-refractivity contribution is 9.10. The number of hydrogen-bond acceptors (Lipinski definition) is 3. The van der Waals surface area contributed by atoms with Crippen LogP contribution in [0.25, 0.3) is 0 Å². The maximum absolute atomic E-state index is 13.8. The SMILES string of the molecule is Cc1ccc(NC(=O)c2cc3n(n2)[C@@H](C(F)(F)F)C[C@H](c2ccc(Br)cc2)N3)cc1. The van der Waals surface area contributed by atoms with Crippen LogP contribution >= 0.6 is 15.9 Å². The number of benzene rings is 2. The molecule has 1 aromatic heterocycles. The Morgan fingerprint density at radius 2 is 1.83 bits per heavy atom.